The third-order valence-corrected chi connectivity index (χ3v) is 4.23. The molecule has 1 amide bonds. The fourth-order valence-corrected chi connectivity index (χ4v) is 2.78. The van der Waals surface area contributed by atoms with Crippen molar-refractivity contribution in [2.75, 3.05) is 34.3 Å². The van der Waals surface area contributed by atoms with Crippen LogP contribution in [0.3, 0.4) is 0 Å². The number of hydrogen-bond donors (Lipinski definition) is 2. The van der Waals surface area contributed by atoms with E-state index in [1.165, 1.54) is 19.3 Å². The van der Waals surface area contributed by atoms with Gasteiger partial charge in [-0.05, 0) is 32.1 Å². The predicted molar refractivity (Wildman–Crippen MR) is 78.7 cm³/mol. The lowest BCUT2D eigenvalue weighted by molar-refractivity contribution is -0.134. The maximum Gasteiger partial charge on any atom is 0.241 e. The summed E-state index contributed by atoms with van der Waals surface area (Å²) in [5.41, 5.74) is 0.119. The van der Waals surface area contributed by atoms with Crippen molar-refractivity contribution >= 4 is 11.9 Å². The van der Waals surface area contributed by atoms with Crippen molar-refractivity contribution in [2.45, 2.75) is 43.7 Å². The number of nitrogens with one attached hydrogen (secondary N) is 2. The number of nitrogens with zero attached hydrogens (tertiary/aromatic N) is 2. The molecule has 1 saturated heterocycles. The standard InChI is InChI=1S/C14H26N4O2/c1-15-13(16-10-12(19)18(2)3)17-11-5-8-20-14(9-11)6-4-7-14/h11H,4-10H2,1-3H3,(H2,15,16,17). The van der Waals surface area contributed by atoms with E-state index in [-0.39, 0.29) is 18.1 Å². The van der Waals surface area contributed by atoms with Gasteiger partial charge >= 0.3 is 0 Å². The van der Waals surface area contributed by atoms with Crippen LogP contribution in [0.1, 0.15) is 32.1 Å². The zero-order valence-electron chi connectivity index (χ0n) is 12.7. The second-order valence-corrected chi connectivity index (χ2v) is 5.93. The molecule has 1 atom stereocenters. The molecule has 0 aromatic rings. The van der Waals surface area contributed by atoms with Crippen LogP contribution >= 0.6 is 0 Å². The van der Waals surface area contributed by atoms with Crippen LogP contribution in [0.5, 0.6) is 0 Å². The van der Waals surface area contributed by atoms with E-state index in [0.717, 1.165) is 19.4 Å². The molecule has 1 saturated carbocycles. The molecule has 2 aliphatic rings. The SMILES string of the molecule is CN=C(NCC(=O)N(C)C)NC1CCOC2(CCC2)C1. The largest absolute Gasteiger partial charge is 0.375 e. The summed E-state index contributed by atoms with van der Waals surface area (Å²) in [6.45, 7) is 1.08. The van der Waals surface area contributed by atoms with Crippen LogP contribution in [-0.4, -0.2) is 62.7 Å². The smallest absolute Gasteiger partial charge is 0.241 e. The van der Waals surface area contributed by atoms with Crippen molar-refractivity contribution in [2.24, 2.45) is 4.99 Å². The molecule has 114 valence electrons. The van der Waals surface area contributed by atoms with Gasteiger partial charge in [-0.3, -0.25) is 9.79 Å². The van der Waals surface area contributed by atoms with Crippen LogP contribution in [0.2, 0.25) is 0 Å². The van der Waals surface area contributed by atoms with Crippen LogP contribution < -0.4 is 10.6 Å². The minimum Gasteiger partial charge on any atom is -0.375 e. The van der Waals surface area contributed by atoms with Gasteiger partial charge in [-0.15, -0.1) is 0 Å². The monoisotopic (exact) mass is 282 g/mol. The maximum atomic E-state index is 11.6. The summed E-state index contributed by atoms with van der Waals surface area (Å²) in [5, 5.41) is 6.48. The lowest BCUT2D eigenvalue weighted by Gasteiger charge is -2.47. The Hall–Kier alpha value is -1.30. The van der Waals surface area contributed by atoms with Crippen LogP contribution in [0.15, 0.2) is 4.99 Å². The lowest BCUT2D eigenvalue weighted by atomic mass is 9.74. The van der Waals surface area contributed by atoms with E-state index in [1.54, 1.807) is 26.0 Å². The molecule has 1 aliphatic carbocycles. The van der Waals surface area contributed by atoms with Crippen molar-refractivity contribution in [1.82, 2.24) is 15.5 Å². The second kappa shape index (κ2) is 6.43. The fraction of sp³-hybridized carbons (Fsp3) is 0.857. The number of hydrogen-bond acceptors (Lipinski definition) is 3. The highest BCUT2D eigenvalue weighted by molar-refractivity contribution is 5.86. The molecule has 1 heterocycles. The van der Waals surface area contributed by atoms with Gasteiger partial charge in [0.25, 0.3) is 0 Å². The number of guanidine groups is 1. The van der Waals surface area contributed by atoms with Crippen LogP contribution in [0.4, 0.5) is 0 Å². The molecule has 0 aromatic heterocycles. The number of carbonyl (C=O) groups excluding carboxylic acids is 1. The van der Waals surface area contributed by atoms with Crippen LogP contribution in [-0.2, 0) is 9.53 Å². The summed E-state index contributed by atoms with van der Waals surface area (Å²) in [6.07, 6.45) is 5.66. The maximum absolute atomic E-state index is 11.6. The van der Waals surface area contributed by atoms with Gasteiger partial charge < -0.3 is 20.3 Å². The molecule has 1 spiro atoms. The Morgan fingerprint density at radius 3 is 2.75 bits per heavy atom. The van der Waals surface area contributed by atoms with Gasteiger partial charge in [0, 0.05) is 33.8 Å². The Balaban J connectivity index is 1.79. The van der Waals surface area contributed by atoms with Gasteiger partial charge in [0.15, 0.2) is 5.96 Å². The number of amides is 1. The Morgan fingerprint density at radius 1 is 1.45 bits per heavy atom. The fourth-order valence-electron chi connectivity index (χ4n) is 2.78. The summed E-state index contributed by atoms with van der Waals surface area (Å²) >= 11 is 0. The van der Waals surface area contributed by atoms with Crippen molar-refractivity contribution in [1.29, 1.82) is 0 Å². The molecule has 1 unspecified atom stereocenters. The summed E-state index contributed by atoms with van der Waals surface area (Å²) in [5.74, 6) is 0.733. The average molecular weight is 282 g/mol. The highest BCUT2D eigenvalue weighted by Crippen LogP contribution is 2.42. The Morgan fingerprint density at radius 2 is 2.20 bits per heavy atom. The molecular weight excluding hydrogens is 256 g/mol. The molecule has 2 N–H and O–H groups in total. The minimum absolute atomic E-state index is 0.0374. The van der Waals surface area contributed by atoms with E-state index in [4.69, 9.17) is 4.74 Å². The molecule has 1 aliphatic heterocycles. The third kappa shape index (κ3) is 3.62. The first-order valence-electron chi connectivity index (χ1n) is 7.36. The minimum atomic E-state index is 0.0374. The lowest BCUT2D eigenvalue weighted by Crippen LogP contribution is -2.54. The quantitative estimate of drug-likeness (QED) is 0.579. The molecular formula is C14H26N4O2. The molecule has 6 nitrogen and oxygen atoms in total. The summed E-state index contributed by atoms with van der Waals surface area (Å²) in [4.78, 5) is 17.3. The zero-order chi connectivity index (χ0) is 14.6. The molecule has 2 fully saturated rings. The second-order valence-electron chi connectivity index (χ2n) is 5.93. The number of aliphatic imine (C=N–C) groups is 1. The van der Waals surface area contributed by atoms with Gasteiger partial charge in [-0.1, -0.05) is 0 Å². The van der Waals surface area contributed by atoms with Crippen molar-refractivity contribution in [3.63, 3.8) is 0 Å². The van der Waals surface area contributed by atoms with Crippen molar-refractivity contribution in [3.05, 3.63) is 0 Å². The van der Waals surface area contributed by atoms with Crippen molar-refractivity contribution < 1.29 is 9.53 Å². The van der Waals surface area contributed by atoms with Gasteiger partial charge in [0.1, 0.15) is 0 Å². The first kappa shape index (κ1) is 15.1. The topological polar surface area (TPSA) is 66.0 Å². The summed E-state index contributed by atoms with van der Waals surface area (Å²) in [6, 6.07) is 0.379. The molecule has 2 rings (SSSR count). The average Bonchev–Trinajstić information content (AvgIpc) is 2.41. The van der Waals surface area contributed by atoms with Gasteiger partial charge in [0.05, 0.1) is 12.1 Å². The van der Waals surface area contributed by atoms with Gasteiger partial charge in [-0.25, -0.2) is 0 Å². The number of likely N-dealkylation sites (N-methyl/N-ethyl adjacent to an activating group) is 1. The molecule has 6 heteroatoms. The Bertz CT molecular complexity index is 377. The zero-order valence-corrected chi connectivity index (χ0v) is 12.7. The number of carbonyl (C=O) groups is 1. The molecule has 0 aromatic carbocycles. The van der Waals surface area contributed by atoms with Crippen LogP contribution in [0, 0.1) is 0 Å². The highest BCUT2D eigenvalue weighted by atomic mass is 16.5. The third-order valence-electron chi connectivity index (χ3n) is 4.23. The molecule has 20 heavy (non-hydrogen) atoms. The van der Waals surface area contributed by atoms with Gasteiger partial charge in [-0.2, -0.15) is 0 Å². The Kier molecular flexibility index (Phi) is 4.86. The first-order chi connectivity index (χ1) is 9.54. The van der Waals surface area contributed by atoms with E-state index < -0.39 is 0 Å². The summed E-state index contributed by atoms with van der Waals surface area (Å²) < 4.78 is 5.92. The van der Waals surface area contributed by atoms with E-state index >= 15 is 0 Å². The van der Waals surface area contributed by atoms with E-state index in [9.17, 15) is 4.79 Å². The number of ether oxygens (including phenoxy) is 1. The number of rotatable bonds is 3. The Labute approximate surface area is 121 Å². The molecule has 0 radical (unpaired) electrons. The predicted octanol–water partition coefficient (Wildman–Crippen LogP) is 0.341. The normalized spacial score (nSPS) is 24.9. The molecule has 0 bridgehead atoms. The van der Waals surface area contributed by atoms with E-state index in [2.05, 4.69) is 15.6 Å². The van der Waals surface area contributed by atoms with Crippen molar-refractivity contribution in [3.8, 4) is 0 Å². The summed E-state index contributed by atoms with van der Waals surface area (Å²) in [7, 11) is 5.23. The van der Waals surface area contributed by atoms with Crippen LogP contribution in [0.25, 0.3) is 0 Å². The van der Waals surface area contributed by atoms with E-state index in [0.29, 0.717) is 12.0 Å². The van der Waals surface area contributed by atoms with E-state index in [1.807, 2.05) is 0 Å². The van der Waals surface area contributed by atoms with Gasteiger partial charge in [0.2, 0.25) is 5.91 Å². The first-order valence-corrected chi connectivity index (χ1v) is 7.36. The highest BCUT2D eigenvalue weighted by Gasteiger charge is 2.42.